The summed E-state index contributed by atoms with van der Waals surface area (Å²) in [6, 6.07) is 15.2. The molecule has 2 aromatic rings. The smallest absolute Gasteiger partial charge is 0.307 e. The highest BCUT2D eigenvalue weighted by atomic mass is 127. The summed E-state index contributed by atoms with van der Waals surface area (Å²) in [6.45, 7) is 0. The van der Waals surface area contributed by atoms with Crippen LogP contribution in [0.5, 0.6) is 5.75 Å². The van der Waals surface area contributed by atoms with Gasteiger partial charge in [0.25, 0.3) is 0 Å². The van der Waals surface area contributed by atoms with Crippen LogP contribution >= 0.6 is 23.0 Å². The van der Waals surface area contributed by atoms with Gasteiger partial charge in [-0.3, -0.25) is 4.79 Å². The van der Waals surface area contributed by atoms with Crippen LogP contribution in [0.15, 0.2) is 48.5 Å². The second kappa shape index (κ2) is 5.86. The van der Waals surface area contributed by atoms with Gasteiger partial charge in [0, 0.05) is 5.56 Å². The highest BCUT2D eigenvalue weighted by Gasteiger charge is 2.09. The lowest BCUT2D eigenvalue weighted by atomic mass is 10.0. The Kier molecular flexibility index (Phi) is 4.19. The molecule has 0 fully saturated rings. The predicted molar refractivity (Wildman–Crippen MR) is 77.9 cm³/mol. The number of aliphatic carboxylic acids is 1. The van der Waals surface area contributed by atoms with E-state index in [0.29, 0.717) is 0 Å². The summed E-state index contributed by atoms with van der Waals surface area (Å²) >= 11 is 1.83. The fraction of sp³-hybridized carbons (Fsp3) is 0.0714. The third kappa shape index (κ3) is 3.01. The Morgan fingerprint density at radius 2 is 1.89 bits per heavy atom. The molecular formula is C14H11IO3. The van der Waals surface area contributed by atoms with Crippen LogP contribution in [0.2, 0.25) is 0 Å². The molecule has 0 unspecified atom stereocenters. The molecule has 0 atom stereocenters. The average molecular weight is 354 g/mol. The number of carboxylic acid groups (broad SMARTS) is 1. The molecule has 2 aromatic carbocycles. The van der Waals surface area contributed by atoms with Crippen molar-refractivity contribution in [3.05, 3.63) is 54.1 Å². The van der Waals surface area contributed by atoms with Gasteiger partial charge in [0.1, 0.15) is 5.75 Å². The molecule has 0 aliphatic rings. The molecule has 3 nitrogen and oxygen atoms in total. The molecule has 0 spiro atoms. The van der Waals surface area contributed by atoms with Crippen LogP contribution in [-0.4, -0.2) is 11.1 Å². The molecule has 92 valence electrons. The molecule has 0 aliphatic heterocycles. The topological polar surface area (TPSA) is 46.5 Å². The summed E-state index contributed by atoms with van der Waals surface area (Å²) < 4.78 is 5.28. The number of hydrogen-bond donors (Lipinski definition) is 1. The minimum absolute atomic E-state index is 0.0152. The lowest BCUT2D eigenvalue weighted by Gasteiger charge is -2.09. The van der Waals surface area contributed by atoms with E-state index in [0.717, 1.165) is 22.4 Å². The van der Waals surface area contributed by atoms with Crippen molar-refractivity contribution in [2.75, 3.05) is 0 Å². The average Bonchev–Trinajstić information content (AvgIpc) is 2.39. The molecule has 1 N–H and O–H groups in total. The second-order valence-electron chi connectivity index (χ2n) is 3.84. The molecule has 2 rings (SSSR count). The highest BCUT2D eigenvalue weighted by molar-refractivity contribution is 14.1. The zero-order chi connectivity index (χ0) is 13.0. The Labute approximate surface area is 119 Å². The third-order valence-electron chi connectivity index (χ3n) is 2.57. The summed E-state index contributed by atoms with van der Waals surface area (Å²) in [4.78, 5) is 10.7. The third-order valence-corrected chi connectivity index (χ3v) is 3.04. The minimum Gasteiger partial charge on any atom is -0.481 e. The van der Waals surface area contributed by atoms with Crippen LogP contribution < -0.4 is 3.07 Å². The summed E-state index contributed by atoms with van der Waals surface area (Å²) in [5.41, 5.74) is 2.68. The van der Waals surface area contributed by atoms with Gasteiger partial charge < -0.3 is 8.17 Å². The first kappa shape index (κ1) is 12.9. The molecule has 0 amide bonds. The summed E-state index contributed by atoms with van der Waals surface area (Å²) in [5, 5.41) is 8.82. The molecule has 0 bridgehead atoms. The maximum atomic E-state index is 10.7. The quantitative estimate of drug-likeness (QED) is 0.852. The van der Waals surface area contributed by atoms with Crippen molar-refractivity contribution < 1.29 is 13.0 Å². The van der Waals surface area contributed by atoms with Crippen molar-refractivity contribution in [2.24, 2.45) is 0 Å². The van der Waals surface area contributed by atoms with Crippen LogP contribution in [0, 0.1) is 0 Å². The fourth-order valence-corrected chi connectivity index (χ4v) is 2.16. The van der Waals surface area contributed by atoms with Crippen LogP contribution in [0.1, 0.15) is 5.56 Å². The molecule has 18 heavy (non-hydrogen) atoms. The van der Waals surface area contributed by atoms with Gasteiger partial charge in [-0.2, -0.15) is 0 Å². The van der Waals surface area contributed by atoms with Crippen molar-refractivity contribution >= 4 is 29.0 Å². The minimum atomic E-state index is -0.836. The van der Waals surface area contributed by atoms with Gasteiger partial charge >= 0.3 is 5.97 Å². The second-order valence-corrected chi connectivity index (χ2v) is 4.28. The van der Waals surface area contributed by atoms with E-state index >= 15 is 0 Å². The molecule has 0 heterocycles. The number of rotatable bonds is 4. The van der Waals surface area contributed by atoms with Gasteiger partial charge in [0.2, 0.25) is 0 Å². The van der Waals surface area contributed by atoms with E-state index in [4.69, 9.17) is 8.17 Å². The Balaban J connectivity index is 2.46. The first-order valence-corrected chi connectivity index (χ1v) is 6.27. The molecule has 0 saturated heterocycles. The van der Waals surface area contributed by atoms with E-state index in [2.05, 4.69) is 0 Å². The molecule has 0 aromatic heterocycles. The van der Waals surface area contributed by atoms with E-state index in [-0.39, 0.29) is 6.42 Å². The molecule has 0 saturated carbocycles. The van der Waals surface area contributed by atoms with Crippen LogP contribution in [0.4, 0.5) is 0 Å². The van der Waals surface area contributed by atoms with Gasteiger partial charge in [-0.1, -0.05) is 36.4 Å². The first-order valence-electron chi connectivity index (χ1n) is 5.39. The lowest BCUT2D eigenvalue weighted by molar-refractivity contribution is -0.136. The van der Waals surface area contributed by atoms with Crippen molar-refractivity contribution in [3.8, 4) is 16.9 Å². The van der Waals surface area contributed by atoms with Gasteiger partial charge in [-0.25, -0.2) is 0 Å². The zero-order valence-corrected chi connectivity index (χ0v) is 11.6. The van der Waals surface area contributed by atoms with Crippen molar-refractivity contribution in [1.82, 2.24) is 0 Å². The Bertz CT molecular complexity index is 552. The van der Waals surface area contributed by atoms with Gasteiger partial charge in [-0.05, 0) is 23.3 Å². The lowest BCUT2D eigenvalue weighted by Crippen LogP contribution is -2.00. The maximum absolute atomic E-state index is 10.7. The number of carbonyl (C=O) groups is 1. The number of carboxylic acids is 1. The highest BCUT2D eigenvalue weighted by Crippen LogP contribution is 2.32. The SMILES string of the molecule is O=C(O)Cc1ccc(OI)c(-c2ccccc2)c1. The Hall–Kier alpha value is -1.56. The van der Waals surface area contributed by atoms with Gasteiger partial charge in [0.05, 0.1) is 6.42 Å². The largest absolute Gasteiger partial charge is 0.481 e. The fourth-order valence-electron chi connectivity index (χ4n) is 1.77. The first-order chi connectivity index (χ1) is 8.70. The van der Waals surface area contributed by atoms with Gasteiger partial charge in [-0.15, -0.1) is 0 Å². The van der Waals surface area contributed by atoms with Crippen LogP contribution in [0.3, 0.4) is 0 Å². The molecule has 0 aliphatic carbocycles. The van der Waals surface area contributed by atoms with E-state index in [1.54, 1.807) is 12.1 Å². The van der Waals surface area contributed by atoms with E-state index in [1.165, 1.54) is 0 Å². The van der Waals surface area contributed by atoms with E-state index in [1.807, 2.05) is 59.4 Å². The van der Waals surface area contributed by atoms with Gasteiger partial charge in [0.15, 0.2) is 23.0 Å². The normalized spacial score (nSPS) is 10.1. The Morgan fingerprint density at radius 3 is 2.50 bits per heavy atom. The van der Waals surface area contributed by atoms with Crippen LogP contribution in [-0.2, 0) is 11.2 Å². The number of hydrogen-bond acceptors (Lipinski definition) is 2. The molecule has 4 heteroatoms. The van der Waals surface area contributed by atoms with Crippen LogP contribution in [0.25, 0.3) is 11.1 Å². The maximum Gasteiger partial charge on any atom is 0.307 e. The van der Waals surface area contributed by atoms with Crippen molar-refractivity contribution in [3.63, 3.8) is 0 Å². The molecule has 0 radical (unpaired) electrons. The van der Waals surface area contributed by atoms with E-state index in [9.17, 15) is 4.79 Å². The molecular weight excluding hydrogens is 343 g/mol. The zero-order valence-electron chi connectivity index (χ0n) is 9.47. The van der Waals surface area contributed by atoms with Crippen molar-refractivity contribution in [1.29, 1.82) is 0 Å². The summed E-state index contributed by atoms with van der Waals surface area (Å²) in [6.07, 6.45) is 0.0152. The Morgan fingerprint density at radius 1 is 1.17 bits per heavy atom. The van der Waals surface area contributed by atoms with Crippen molar-refractivity contribution in [2.45, 2.75) is 6.42 Å². The summed E-state index contributed by atoms with van der Waals surface area (Å²) in [5.74, 6) is -0.104. The summed E-state index contributed by atoms with van der Waals surface area (Å²) in [7, 11) is 0. The standard InChI is InChI=1S/C14H11IO3/c15-18-13-7-6-10(9-14(16)17)8-12(13)11-4-2-1-3-5-11/h1-8H,9H2,(H,16,17). The number of halogens is 1. The number of benzene rings is 2. The van der Waals surface area contributed by atoms with E-state index < -0.39 is 5.97 Å². The predicted octanol–water partition coefficient (Wildman–Crippen LogP) is 3.71. The monoisotopic (exact) mass is 354 g/mol.